The molecule has 1 amide bonds. The van der Waals surface area contributed by atoms with Crippen molar-refractivity contribution >= 4 is 22.6 Å². The maximum absolute atomic E-state index is 13.6. The first-order chi connectivity index (χ1) is 16.6. The molecular weight excluding hydrogens is 434 g/mol. The van der Waals surface area contributed by atoms with Gasteiger partial charge in [-0.05, 0) is 23.8 Å². The molecule has 34 heavy (non-hydrogen) atoms. The number of aromatic amines is 1. The maximum Gasteiger partial charge on any atom is 0.265 e. The van der Waals surface area contributed by atoms with Gasteiger partial charge in [0.05, 0.1) is 21.3 Å². The highest BCUT2D eigenvalue weighted by Gasteiger charge is 2.25. The number of methoxy groups -OCH3 is 3. The second kappa shape index (κ2) is 10.1. The number of para-hydroxylation sites is 1. The van der Waals surface area contributed by atoms with Crippen LogP contribution in [0, 0.1) is 0 Å². The van der Waals surface area contributed by atoms with Gasteiger partial charge in [0.2, 0.25) is 5.75 Å². The average molecular weight is 460 g/mol. The summed E-state index contributed by atoms with van der Waals surface area (Å²) in [5.41, 5.74) is 7.94. The number of H-pyrrole nitrogens is 1. The molecule has 0 saturated carbocycles. The van der Waals surface area contributed by atoms with Crippen molar-refractivity contribution in [2.45, 2.75) is 6.04 Å². The van der Waals surface area contributed by atoms with Crippen molar-refractivity contribution in [3.8, 4) is 17.2 Å². The van der Waals surface area contributed by atoms with Gasteiger partial charge in [0, 0.05) is 28.2 Å². The van der Waals surface area contributed by atoms with E-state index in [1.807, 2.05) is 54.6 Å². The third-order valence-corrected chi connectivity index (χ3v) is 5.51. The van der Waals surface area contributed by atoms with Gasteiger partial charge in [-0.1, -0.05) is 48.5 Å². The van der Waals surface area contributed by atoms with E-state index in [9.17, 15) is 9.59 Å². The predicted molar refractivity (Wildman–Crippen MR) is 129 cm³/mol. The highest BCUT2D eigenvalue weighted by atomic mass is 16.5. The molecule has 0 aliphatic rings. The van der Waals surface area contributed by atoms with Gasteiger partial charge >= 0.3 is 0 Å². The van der Waals surface area contributed by atoms with Gasteiger partial charge in [-0.2, -0.15) is 0 Å². The Bertz CT molecular complexity index is 1290. The van der Waals surface area contributed by atoms with Gasteiger partial charge in [-0.25, -0.2) is 5.43 Å². The second-order valence-electron chi connectivity index (χ2n) is 7.47. The van der Waals surface area contributed by atoms with Crippen LogP contribution in [0.5, 0.6) is 17.2 Å². The first-order valence-corrected chi connectivity index (χ1v) is 10.6. The molecule has 0 unspecified atom stereocenters. The van der Waals surface area contributed by atoms with Gasteiger partial charge in [-0.3, -0.25) is 15.0 Å². The predicted octanol–water partition coefficient (Wildman–Crippen LogP) is 4.05. The smallest absolute Gasteiger partial charge is 0.265 e. The number of nitrogens with one attached hydrogen (secondary N) is 3. The summed E-state index contributed by atoms with van der Waals surface area (Å²) in [4.78, 5) is 29.7. The Hall–Kier alpha value is -4.30. The topological polar surface area (TPSA) is 102 Å². The first kappa shape index (κ1) is 22.9. The van der Waals surface area contributed by atoms with E-state index in [1.54, 1.807) is 6.20 Å². The number of hydrogen-bond acceptors (Lipinski definition) is 6. The number of aromatic nitrogens is 1. The average Bonchev–Trinajstić information content (AvgIpc) is 3.32. The number of ketones is 1. The highest BCUT2D eigenvalue weighted by Crippen LogP contribution is 2.38. The lowest BCUT2D eigenvalue weighted by atomic mass is 9.97. The van der Waals surface area contributed by atoms with Gasteiger partial charge < -0.3 is 19.2 Å². The maximum atomic E-state index is 13.6. The number of benzene rings is 3. The zero-order valence-electron chi connectivity index (χ0n) is 19.0. The summed E-state index contributed by atoms with van der Waals surface area (Å²) in [5.74, 6) is 0.426. The number of hydrazine groups is 1. The molecule has 1 heterocycles. The summed E-state index contributed by atoms with van der Waals surface area (Å²) in [5, 5.41) is 0.811. The van der Waals surface area contributed by atoms with Crippen molar-refractivity contribution in [3.63, 3.8) is 0 Å². The minimum absolute atomic E-state index is 0.186. The third-order valence-electron chi connectivity index (χ3n) is 5.51. The summed E-state index contributed by atoms with van der Waals surface area (Å²) in [6.07, 6.45) is 1.69. The molecule has 4 aromatic rings. The summed E-state index contributed by atoms with van der Waals surface area (Å²) in [7, 11) is 4.44. The Balaban J connectivity index is 1.62. The highest BCUT2D eigenvalue weighted by molar-refractivity contribution is 6.10. The number of amides is 1. The summed E-state index contributed by atoms with van der Waals surface area (Å²) in [6, 6.07) is 19.0. The van der Waals surface area contributed by atoms with E-state index < -0.39 is 11.9 Å². The largest absolute Gasteiger partial charge is 0.493 e. The SMILES string of the molecule is COc1cc(C(=O)NN[C@H](C(=O)c2c[nH]c3ccccc23)c2ccccc2)cc(OC)c1OC. The number of hydrogen-bond donors (Lipinski definition) is 3. The molecule has 0 aliphatic heterocycles. The van der Waals surface area contributed by atoms with Gasteiger partial charge in [-0.15, -0.1) is 0 Å². The Morgan fingerprint density at radius 3 is 2.15 bits per heavy atom. The molecule has 174 valence electrons. The lowest BCUT2D eigenvalue weighted by molar-refractivity contribution is 0.0883. The van der Waals surface area contributed by atoms with Crippen LogP contribution in [-0.2, 0) is 0 Å². The third kappa shape index (κ3) is 4.44. The Morgan fingerprint density at radius 1 is 0.853 bits per heavy atom. The molecule has 0 bridgehead atoms. The minimum Gasteiger partial charge on any atom is -0.493 e. The van der Waals surface area contributed by atoms with Crippen LogP contribution < -0.4 is 25.1 Å². The Kier molecular flexibility index (Phi) is 6.79. The molecule has 3 N–H and O–H groups in total. The summed E-state index contributed by atoms with van der Waals surface area (Å²) < 4.78 is 16.0. The van der Waals surface area contributed by atoms with E-state index in [0.29, 0.717) is 28.4 Å². The molecule has 0 saturated heterocycles. The molecule has 0 aliphatic carbocycles. The number of carbonyl (C=O) groups excluding carboxylic acids is 2. The molecule has 1 atom stereocenters. The monoisotopic (exact) mass is 459 g/mol. The van der Waals surface area contributed by atoms with E-state index in [1.165, 1.54) is 33.5 Å². The zero-order valence-corrected chi connectivity index (χ0v) is 19.0. The molecule has 8 nitrogen and oxygen atoms in total. The fraction of sp³-hybridized carbons (Fsp3) is 0.154. The fourth-order valence-electron chi connectivity index (χ4n) is 3.80. The quantitative estimate of drug-likeness (QED) is 0.258. The second-order valence-corrected chi connectivity index (χ2v) is 7.47. The van der Waals surface area contributed by atoms with Gasteiger partial charge in [0.15, 0.2) is 17.3 Å². The van der Waals surface area contributed by atoms with E-state index in [0.717, 1.165) is 10.9 Å². The van der Waals surface area contributed by atoms with Crippen molar-refractivity contribution in [1.82, 2.24) is 15.8 Å². The van der Waals surface area contributed by atoms with Gasteiger partial charge in [0.1, 0.15) is 6.04 Å². The lowest BCUT2D eigenvalue weighted by Crippen LogP contribution is -2.43. The van der Waals surface area contributed by atoms with Crippen LogP contribution in [0.4, 0.5) is 0 Å². The van der Waals surface area contributed by atoms with E-state index in [2.05, 4.69) is 15.8 Å². The fourth-order valence-corrected chi connectivity index (χ4v) is 3.80. The summed E-state index contributed by atoms with van der Waals surface area (Å²) >= 11 is 0. The zero-order chi connectivity index (χ0) is 24.1. The van der Waals surface area contributed by atoms with Crippen molar-refractivity contribution < 1.29 is 23.8 Å². The summed E-state index contributed by atoms with van der Waals surface area (Å²) in [6.45, 7) is 0. The lowest BCUT2D eigenvalue weighted by Gasteiger charge is -2.19. The number of carbonyl (C=O) groups is 2. The van der Waals surface area contributed by atoms with Crippen LogP contribution in [0.15, 0.2) is 72.9 Å². The molecule has 0 fully saturated rings. The minimum atomic E-state index is -0.814. The molecular formula is C26H25N3O5. The van der Waals surface area contributed by atoms with Crippen molar-refractivity contribution in [1.29, 1.82) is 0 Å². The normalized spacial score (nSPS) is 11.6. The number of fused-ring (bicyclic) bond motifs is 1. The number of Topliss-reactive ketones (excluding diaryl/α,β-unsaturated/α-hetero) is 1. The Labute approximate surface area is 196 Å². The van der Waals surface area contributed by atoms with Crippen molar-refractivity contribution in [3.05, 3.63) is 89.6 Å². The standard InChI is InChI=1S/C26H25N3O5/c1-32-21-13-17(14-22(33-2)25(21)34-3)26(31)29-28-23(16-9-5-4-6-10-16)24(30)19-15-27-20-12-8-7-11-18(19)20/h4-15,23,27-28H,1-3H3,(H,29,31)/t23-/m0/s1. The first-order valence-electron chi connectivity index (χ1n) is 10.6. The molecule has 0 spiro atoms. The van der Waals surface area contributed by atoms with Crippen LogP contribution in [0.2, 0.25) is 0 Å². The van der Waals surface area contributed by atoms with E-state index in [-0.39, 0.29) is 11.3 Å². The van der Waals surface area contributed by atoms with Crippen LogP contribution in [0.1, 0.15) is 32.3 Å². The Morgan fingerprint density at radius 2 is 1.50 bits per heavy atom. The van der Waals surface area contributed by atoms with Gasteiger partial charge in [0.25, 0.3) is 5.91 Å². The van der Waals surface area contributed by atoms with Crippen LogP contribution in [0.3, 0.4) is 0 Å². The molecule has 8 heteroatoms. The van der Waals surface area contributed by atoms with E-state index in [4.69, 9.17) is 14.2 Å². The van der Waals surface area contributed by atoms with Crippen LogP contribution in [-0.4, -0.2) is 38.0 Å². The van der Waals surface area contributed by atoms with E-state index >= 15 is 0 Å². The molecule has 0 radical (unpaired) electrons. The number of ether oxygens (including phenoxy) is 3. The molecule has 4 rings (SSSR count). The van der Waals surface area contributed by atoms with Crippen LogP contribution in [0.25, 0.3) is 10.9 Å². The van der Waals surface area contributed by atoms with Crippen molar-refractivity contribution in [2.75, 3.05) is 21.3 Å². The number of rotatable bonds is 9. The van der Waals surface area contributed by atoms with Crippen LogP contribution >= 0.6 is 0 Å². The van der Waals surface area contributed by atoms with Crippen molar-refractivity contribution in [2.24, 2.45) is 0 Å². The molecule has 1 aromatic heterocycles. The molecule has 3 aromatic carbocycles.